The predicted molar refractivity (Wildman–Crippen MR) is 83.8 cm³/mol. The number of hydrogen-bond donors (Lipinski definition) is 0. The summed E-state index contributed by atoms with van der Waals surface area (Å²) in [5.74, 6) is 0.646. The molecule has 4 rings (SSSR count). The lowest BCUT2D eigenvalue weighted by molar-refractivity contribution is 0.125. The Kier molecular flexibility index (Phi) is 3.81. The highest BCUT2D eigenvalue weighted by molar-refractivity contribution is 5.11. The Morgan fingerprint density at radius 1 is 1.22 bits per heavy atom. The maximum absolute atomic E-state index is 5.84. The number of nitrogens with zero attached hydrogens (tertiary/aromatic N) is 4. The summed E-state index contributed by atoms with van der Waals surface area (Å²) in [5.41, 5.74) is 2.39. The van der Waals surface area contributed by atoms with E-state index in [0.29, 0.717) is 12.5 Å². The van der Waals surface area contributed by atoms with Gasteiger partial charge in [0.15, 0.2) is 0 Å². The zero-order chi connectivity index (χ0) is 15.5. The number of hydrogen-bond acceptors (Lipinski definition) is 5. The molecule has 0 aromatic carbocycles. The number of aromatic nitrogens is 3. The quantitative estimate of drug-likeness (QED) is 0.725. The van der Waals surface area contributed by atoms with Gasteiger partial charge in [0.05, 0.1) is 24.3 Å². The van der Waals surface area contributed by atoms with Crippen LogP contribution >= 0.6 is 0 Å². The summed E-state index contributed by atoms with van der Waals surface area (Å²) in [6, 6.07) is 9.92. The molecule has 0 amide bonds. The van der Waals surface area contributed by atoms with Crippen LogP contribution < -0.4 is 4.74 Å². The van der Waals surface area contributed by atoms with Crippen LogP contribution in [-0.2, 0) is 13.1 Å². The molecule has 3 aromatic rings. The molecule has 0 N–H and O–H groups in total. The summed E-state index contributed by atoms with van der Waals surface area (Å²) in [5, 5.41) is 4.45. The third kappa shape index (κ3) is 3.12. The molecule has 0 radical (unpaired) electrons. The Morgan fingerprint density at radius 3 is 3.04 bits per heavy atom. The average Bonchev–Trinajstić information content (AvgIpc) is 3.25. The third-order valence-corrected chi connectivity index (χ3v) is 4.00. The molecule has 118 valence electrons. The van der Waals surface area contributed by atoms with E-state index in [-0.39, 0.29) is 6.04 Å². The van der Waals surface area contributed by atoms with Crippen LogP contribution in [0.5, 0.6) is 5.88 Å². The van der Waals surface area contributed by atoms with Crippen LogP contribution in [0.1, 0.15) is 17.3 Å². The molecule has 1 atom stereocenters. The standard InChI is InChI=1S/C17H18N4O2/c1-2-6-18-17(3-1)23-13-16-11-20(9-14-5-8-22-12-14)10-15-4-7-19-21(15)16/h1-8,12,16H,9-11,13H2. The monoisotopic (exact) mass is 310 g/mol. The lowest BCUT2D eigenvalue weighted by Crippen LogP contribution is -2.39. The molecule has 1 aliphatic heterocycles. The summed E-state index contributed by atoms with van der Waals surface area (Å²) in [7, 11) is 0. The zero-order valence-corrected chi connectivity index (χ0v) is 12.7. The molecule has 0 saturated heterocycles. The Hall–Kier alpha value is -2.60. The number of rotatable bonds is 5. The van der Waals surface area contributed by atoms with Gasteiger partial charge in [0, 0.05) is 43.7 Å². The van der Waals surface area contributed by atoms with Gasteiger partial charge in [-0.2, -0.15) is 5.10 Å². The van der Waals surface area contributed by atoms with Crippen molar-refractivity contribution >= 4 is 0 Å². The highest BCUT2D eigenvalue weighted by atomic mass is 16.5. The molecule has 0 fully saturated rings. The van der Waals surface area contributed by atoms with E-state index in [4.69, 9.17) is 9.15 Å². The van der Waals surface area contributed by atoms with Gasteiger partial charge in [0.1, 0.15) is 6.61 Å². The van der Waals surface area contributed by atoms with Crippen molar-refractivity contribution in [3.63, 3.8) is 0 Å². The molecular formula is C17H18N4O2. The molecule has 1 unspecified atom stereocenters. The minimum atomic E-state index is 0.169. The van der Waals surface area contributed by atoms with E-state index < -0.39 is 0 Å². The van der Waals surface area contributed by atoms with Crippen molar-refractivity contribution < 1.29 is 9.15 Å². The number of furan rings is 1. The molecule has 23 heavy (non-hydrogen) atoms. The Bertz CT molecular complexity index is 739. The first-order valence-corrected chi connectivity index (χ1v) is 7.68. The Labute approximate surface area is 134 Å². The van der Waals surface area contributed by atoms with E-state index in [1.165, 1.54) is 11.3 Å². The maximum Gasteiger partial charge on any atom is 0.213 e. The molecule has 3 aromatic heterocycles. The topological polar surface area (TPSA) is 56.3 Å². The van der Waals surface area contributed by atoms with E-state index in [1.54, 1.807) is 18.7 Å². The van der Waals surface area contributed by atoms with Crippen LogP contribution in [0.2, 0.25) is 0 Å². The van der Waals surface area contributed by atoms with E-state index in [9.17, 15) is 0 Å². The number of ether oxygens (including phenoxy) is 1. The fourth-order valence-electron chi connectivity index (χ4n) is 2.96. The van der Waals surface area contributed by atoms with E-state index in [1.807, 2.05) is 30.5 Å². The van der Waals surface area contributed by atoms with Gasteiger partial charge in [-0.15, -0.1) is 0 Å². The van der Waals surface area contributed by atoms with E-state index in [2.05, 4.69) is 25.7 Å². The number of pyridine rings is 1. The summed E-state index contributed by atoms with van der Waals surface area (Å²) in [6.45, 7) is 3.17. The van der Waals surface area contributed by atoms with Gasteiger partial charge in [-0.1, -0.05) is 6.07 Å². The van der Waals surface area contributed by atoms with Crippen molar-refractivity contribution in [1.82, 2.24) is 19.7 Å². The maximum atomic E-state index is 5.84. The summed E-state index contributed by atoms with van der Waals surface area (Å²) < 4.78 is 13.1. The van der Waals surface area contributed by atoms with Crippen molar-refractivity contribution in [2.45, 2.75) is 19.1 Å². The normalized spacial score (nSPS) is 17.8. The van der Waals surface area contributed by atoms with E-state index in [0.717, 1.165) is 19.6 Å². The summed E-state index contributed by atoms with van der Waals surface area (Å²) in [6.07, 6.45) is 7.10. The second-order valence-corrected chi connectivity index (χ2v) is 5.70. The van der Waals surface area contributed by atoms with Crippen molar-refractivity contribution in [3.05, 3.63) is 66.5 Å². The predicted octanol–water partition coefficient (Wildman–Crippen LogP) is 2.51. The first kappa shape index (κ1) is 14.0. The highest BCUT2D eigenvalue weighted by Crippen LogP contribution is 2.22. The minimum absolute atomic E-state index is 0.169. The fourth-order valence-corrected chi connectivity index (χ4v) is 2.96. The lowest BCUT2D eigenvalue weighted by atomic mass is 10.2. The van der Waals surface area contributed by atoms with Gasteiger partial charge in [0.25, 0.3) is 0 Å². The van der Waals surface area contributed by atoms with Crippen molar-refractivity contribution in [2.75, 3.05) is 13.2 Å². The van der Waals surface area contributed by atoms with Crippen LogP contribution in [0.15, 0.2) is 59.7 Å². The molecular weight excluding hydrogens is 292 g/mol. The fraction of sp³-hybridized carbons (Fsp3) is 0.294. The second-order valence-electron chi connectivity index (χ2n) is 5.70. The van der Waals surface area contributed by atoms with Crippen molar-refractivity contribution in [1.29, 1.82) is 0 Å². The van der Waals surface area contributed by atoms with E-state index >= 15 is 0 Å². The van der Waals surface area contributed by atoms with Crippen LogP contribution in [0, 0.1) is 0 Å². The number of fused-ring (bicyclic) bond motifs is 1. The molecule has 6 nitrogen and oxygen atoms in total. The minimum Gasteiger partial charge on any atom is -0.475 e. The van der Waals surface area contributed by atoms with Crippen molar-refractivity contribution in [2.24, 2.45) is 0 Å². The lowest BCUT2D eigenvalue weighted by Gasteiger charge is -2.33. The molecule has 0 saturated carbocycles. The average molecular weight is 310 g/mol. The van der Waals surface area contributed by atoms with Gasteiger partial charge in [-0.05, 0) is 18.2 Å². The summed E-state index contributed by atoms with van der Waals surface area (Å²) in [4.78, 5) is 6.59. The highest BCUT2D eigenvalue weighted by Gasteiger charge is 2.26. The van der Waals surface area contributed by atoms with Crippen LogP contribution in [0.3, 0.4) is 0 Å². The smallest absolute Gasteiger partial charge is 0.213 e. The molecule has 0 bridgehead atoms. The van der Waals surface area contributed by atoms with Gasteiger partial charge >= 0.3 is 0 Å². The third-order valence-electron chi connectivity index (χ3n) is 4.00. The van der Waals surface area contributed by atoms with Crippen LogP contribution in [0.4, 0.5) is 0 Å². The Morgan fingerprint density at radius 2 is 2.22 bits per heavy atom. The Balaban J connectivity index is 1.47. The molecule has 0 spiro atoms. The van der Waals surface area contributed by atoms with Gasteiger partial charge in [-0.3, -0.25) is 9.58 Å². The molecule has 0 aliphatic carbocycles. The summed E-state index contributed by atoms with van der Waals surface area (Å²) >= 11 is 0. The first-order valence-electron chi connectivity index (χ1n) is 7.68. The van der Waals surface area contributed by atoms with Gasteiger partial charge in [0.2, 0.25) is 5.88 Å². The second kappa shape index (κ2) is 6.26. The first-order chi connectivity index (χ1) is 11.4. The molecule has 4 heterocycles. The molecule has 1 aliphatic rings. The SMILES string of the molecule is c1ccc(OCC2CN(Cc3ccoc3)Cc3ccnn32)nc1. The zero-order valence-electron chi connectivity index (χ0n) is 12.7. The van der Waals surface area contributed by atoms with Gasteiger partial charge in [-0.25, -0.2) is 4.98 Å². The van der Waals surface area contributed by atoms with Crippen LogP contribution in [0.25, 0.3) is 0 Å². The molecule has 6 heteroatoms. The van der Waals surface area contributed by atoms with Crippen LogP contribution in [-0.4, -0.2) is 32.8 Å². The largest absolute Gasteiger partial charge is 0.475 e. The van der Waals surface area contributed by atoms with Gasteiger partial charge < -0.3 is 9.15 Å². The van der Waals surface area contributed by atoms with Crippen molar-refractivity contribution in [3.8, 4) is 5.88 Å².